The van der Waals surface area contributed by atoms with E-state index in [4.69, 9.17) is 4.74 Å². The summed E-state index contributed by atoms with van der Waals surface area (Å²) in [6.07, 6.45) is 0.0849. The Bertz CT molecular complexity index is 415. The van der Waals surface area contributed by atoms with Crippen LogP contribution in [0.1, 0.15) is 18.0 Å². The first kappa shape index (κ1) is 15.5. The number of hydrogen-bond donors (Lipinski definition) is 1. The first-order valence-electron chi connectivity index (χ1n) is 5.66. The number of halogens is 1. The van der Waals surface area contributed by atoms with Gasteiger partial charge < -0.3 is 14.8 Å². The van der Waals surface area contributed by atoms with Crippen LogP contribution in [0.3, 0.4) is 0 Å². The van der Waals surface area contributed by atoms with Gasteiger partial charge in [-0.3, -0.25) is 9.59 Å². The summed E-state index contributed by atoms with van der Waals surface area (Å²) >= 11 is 3.07. The molecule has 0 radical (unpaired) electrons. The smallest absolute Gasteiger partial charge is 0.307 e. The van der Waals surface area contributed by atoms with Crippen LogP contribution in [0.15, 0.2) is 24.3 Å². The summed E-state index contributed by atoms with van der Waals surface area (Å²) in [7, 11) is 2.90. The van der Waals surface area contributed by atoms with Crippen molar-refractivity contribution in [2.45, 2.75) is 12.5 Å². The van der Waals surface area contributed by atoms with Crippen molar-refractivity contribution in [2.24, 2.45) is 0 Å². The minimum Gasteiger partial charge on any atom is -0.497 e. The molecule has 1 N–H and O–H groups in total. The zero-order valence-electron chi connectivity index (χ0n) is 10.8. The molecule has 104 valence electrons. The fourth-order valence-corrected chi connectivity index (χ4v) is 1.73. The Morgan fingerprint density at radius 3 is 2.37 bits per heavy atom. The lowest BCUT2D eigenvalue weighted by Crippen LogP contribution is -2.31. The third kappa shape index (κ3) is 4.90. The Morgan fingerprint density at radius 2 is 1.89 bits per heavy atom. The van der Waals surface area contributed by atoms with Crippen LogP contribution in [-0.2, 0) is 14.3 Å². The fourth-order valence-electron chi connectivity index (χ4n) is 1.57. The van der Waals surface area contributed by atoms with Crippen molar-refractivity contribution in [2.75, 3.05) is 19.5 Å². The largest absolute Gasteiger partial charge is 0.497 e. The number of benzene rings is 1. The maximum absolute atomic E-state index is 11.5. The van der Waals surface area contributed by atoms with Crippen LogP contribution in [0.4, 0.5) is 0 Å². The summed E-state index contributed by atoms with van der Waals surface area (Å²) in [4.78, 5) is 22.8. The van der Waals surface area contributed by atoms with Crippen LogP contribution in [-0.4, -0.2) is 31.4 Å². The third-order valence-corrected chi connectivity index (χ3v) is 3.08. The normalized spacial score (nSPS) is 11.5. The van der Waals surface area contributed by atoms with Gasteiger partial charge in [-0.25, -0.2) is 0 Å². The number of nitrogens with one attached hydrogen (secondary N) is 1. The van der Waals surface area contributed by atoms with E-state index >= 15 is 0 Å². The van der Waals surface area contributed by atoms with Crippen LogP contribution >= 0.6 is 15.9 Å². The van der Waals surface area contributed by atoms with Crippen molar-refractivity contribution < 1.29 is 19.1 Å². The van der Waals surface area contributed by atoms with Crippen LogP contribution in [0, 0.1) is 0 Å². The highest BCUT2D eigenvalue weighted by Crippen LogP contribution is 2.20. The van der Waals surface area contributed by atoms with E-state index in [1.54, 1.807) is 31.4 Å². The first-order valence-corrected chi connectivity index (χ1v) is 6.79. The minimum atomic E-state index is -0.414. The summed E-state index contributed by atoms with van der Waals surface area (Å²) in [6.45, 7) is 0. The van der Waals surface area contributed by atoms with Gasteiger partial charge in [0.15, 0.2) is 0 Å². The van der Waals surface area contributed by atoms with Gasteiger partial charge >= 0.3 is 5.97 Å². The van der Waals surface area contributed by atoms with Gasteiger partial charge in [-0.2, -0.15) is 0 Å². The molecule has 0 spiro atoms. The van der Waals surface area contributed by atoms with E-state index in [0.717, 1.165) is 5.56 Å². The van der Waals surface area contributed by atoms with Gasteiger partial charge in [0.2, 0.25) is 5.91 Å². The van der Waals surface area contributed by atoms with Crippen molar-refractivity contribution in [3.8, 4) is 5.75 Å². The molecule has 19 heavy (non-hydrogen) atoms. The lowest BCUT2D eigenvalue weighted by molar-refractivity contribution is -0.141. The van der Waals surface area contributed by atoms with Gasteiger partial charge in [0, 0.05) is 0 Å². The molecule has 1 atom stereocenters. The second-order valence-electron chi connectivity index (χ2n) is 3.81. The van der Waals surface area contributed by atoms with Crippen molar-refractivity contribution >= 4 is 27.8 Å². The zero-order chi connectivity index (χ0) is 14.3. The summed E-state index contributed by atoms with van der Waals surface area (Å²) in [5.41, 5.74) is 0.820. The Balaban J connectivity index is 2.86. The van der Waals surface area contributed by atoms with Gasteiger partial charge in [0.1, 0.15) is 5.75 Å². The minimum absolute atomic E-state index is 0.0849. The van der Waals surface area contributed by atoms with Gasteiger partial charge in [0.25, 0.3) is 0 Å². The maximum atomic E-state index is 11.5. The van der Waals surface area contributed by atoms with Crippen molar-refractivity contribution in [1.82, 2.24) is 5.32 Å². The predicted octanol–water partition coefficient (Wildman–Crippen LogP) is 1.81. The second kappa shape index (κ2) is 7.78. The summed E-state index contributed by atoms with van der Waals surface area (Å²) in [6, 6.07) is 6.75. The molecule has 1 aromatic rings. The van der Waals surface area contributed by atoms with E-state index in [9.17, 15) is 9.59 Å². The van der Waals surface area contributed by atoms with Crippen LogP contribution in [0.2, 0.25) is 0 Å². The molecular weight excluding hydrogens is 314 g/mol. The van der Waals surface area contributed by atoms with Crippen molar-refractivity contribution in [3.63, 3.8) is 0 Å². The molecule has 0 fully saturated rings. The van der Waals surface area contributed by atoms with E-state index < -0.39 is 6.04 Å². The summed E-state index contributed by atoms with van der Waals surface area (Å²) in [5.74, 6) is 0.146. The topological polar surface area (TPSA) is 64.6 Å². The number of carbonyl (C=O) groups excluding carboxylic acids is 2. The standard InChI is InChI=1S/C13H16BrNO4/c1-18-10-5-3-9(4-6-10)11(7-13(17)19-2)15-12(16)8-14/h3-6,11H,7-8H2,1-2H3,(H,15,16). The van der Waals surface area contributed by atoms with Crippen molar-refractivity contribution in [3.05, 3.63) is 29.8 Å². The molecule has 1 amide bonds. The Kier molecular flexibility index (Phi) is 6.35. The average molecular weight is 330 g/mol. The first-order chi connectivity index (χ1) is 9.10. The highest BCUT2D eigenvalue weighted by molar-refractivity contribution is 9.09. The second-order valence-corrected chi connectivity index (χ2v) is 4.37. The van der Waals surface area contributed by atoms with Crippen LogP contribution in [0.25, 0.3) is 0 Å². The number of amides is 1. The predicted molar refractivity (Wildman–Crippen MR) is 74.3 cm³/mol. The van der Waals surface area contributed by atoms with E-state index in [1.165, 1.54) is 7.11 Å². The number of esters is 1. The number of methoxy groups -OCH3 is 2. The van der Waals surface area contributed by atoms with Gasteiger partial charge in [0.05, 0.1) is 32.0 Å². The monoisotopic (exact) mass is 329 g/mol. The quantitative estimate of drug-likeness (QED) is 0.638. The summed E-state index contributed by atoms with van der Waals surface area (Å²) < 4.78 is 9.70. The van der Waals surface area contributed by atoms with Crippen molar-refractivity contribution in [1.29, 1.82) is 0 Å². The number of hydrogen-bond acceptors (Lipinski definition) is 4. The molecule has 1 rings (SSSR count). The van der Waals surface area contributed by atoms with Gasteiger partial charge in [-0.05, 0) is 17.7 Å². The fraction of sp³-hybridized carbons (Fsp3) is 0.385. The van der Waals surface area contributed by atoms with Crippen LogP contribution < -0.4 is 10.1 Å². The highest BCUT2D eigenvalue weighted by Gasteiger charge is 2.18. The molecule has 0 bridgehead atoms. The molecule has 5 nitrogen and oxygen atoms in total. The lowest BCUT2D eigenvalue weighted by atomic mass is 10.0. The molecule has 1 unspecified atom stereocenters. The molecule has 0 saturated heterocycles. The van der Waals surface area contributed by atoms with E-state index in [0.29, 0.717) is 5.75 Å². The average Bonchev–Trinajstić information content (AvgIpc) is 2.46. The molecule has 0 aliphatic rings. The number of rotatable bonds is 6. The zero-order valence-corrected chi connectivity index (χ0v) is 12.4. The SMILES string of the molecule is COC(=O)CC(NC(=O)CBr)c1ccc(OC)cc1. The highest BCUT2D eigenvalue weighted by atomic mass is 79.9. The molecular formula is C13H16BrNO4. The van der Waals surface area contributed by atoms with E-state index in [-0.39, 0.29) is 23.6 Å². The number of alkyl halides is 1. The third-order valence-electron chi connectivity index (χ3n) is 2.57. The Hall–Kier alpha value is -1.56. The number of ether oxygens (including phenoxy) is 2. The molecule has 0 heterocycles. The van der Waals surface area contributed by atoms with Crippen LogP contribution in [0.5, 0.6) is 5.75 Å². The van der Waals surface area contributed by atoms with E-state index in [2.05, 4.69) is 26.0 Å². The van der Waals surface area contributed by atoms with Gasteiger partial charge in [-0.15, -0.1) is 0 Å². The maximum Gasteiger partial charge on any atom is 0.307 e. The molecule has 0 aromatic heterocycles. The number of carbonyl (C=O) groups is 2. The molecule has 0 aliphatic heterocycles. The molecule has 6 heteroatoms. The molecule has 0 saturated carbocycles. The molecule has 0 aliphatic carbocycles. The Labute approximate surface area is 120 Å². The lowest BCUT2D eigenvalue weighted by Gasteiger charge is -2.18. The van der Waals surface area contributed by atoms with Gasteiger partial charge in [-0.1, -0.05) is 28.1 Å². The summed E-state index contributed by atoms with van der Waals surface area (Å²) in [5, 5.41) is 2.94. The Morgan fingerprint density at radius 1 is 1.26 bits per heavy atom. The van der Waals surface area contributed by atoms with E-state index in [1.807, 2.05) is 0 Å². The molecule has 1 aromatic carbocycles.